The van der Waals surface area contributed by atoms with Gasteiger partial charge in [0, 0.05) is 19.0 Å². The van der Waals surface area contributed by atoms with Gasteiger partial charge in [-0.1, -0.05) is 13.3 Å². The van der Waals surface area contributed by atoms with E-state index in [1.165, 1.54) is 0 Å². The second-order valence-corrected chi connectivity index (χ2v) is 4.96. The molecule has 0 aromatic carbocycles. The largest absolute Gasteiger partial charge is 0.393 e. The maximum absolute atomic E-state index is 9.76. The molecule has 0 heterocycles. The fraction of sp³-hybridized carbons (Fsp3) is 1.00. The molecule has 0 saturated carbocycles. The molecule has 5 unspecified atom stereocenters. The average Bonchev–Trinajstić information content (AvgIpc) is 2.34. The molecule has 0 saturated heterocycles. The lowest BCUT2D eigenvalue weighted by molar-refractivity contribution is 0.0212. The van der Waals surface area contributed by atoms with E-state index in [4.69, 9.17) is 17.2 Å². The Labute approximate surface area is 109 Å². The molecule has 5 atom stereocenters. The fourth-order valence-electron chi connectivity index (χ4n) is 1.89. The first-order valence-corrected chi connectivity index (χ1v) is 6.67. The molecule has 18 heavy (non-hydrogen) atoms. The van der Waals surface area contributed by atoms with Gasteiger partial charge in [0.15, 0.2) is 0 Å². The Morgan fingerprint density at radius 3 is 2.06 bits per heavy atom. The summed E-state index contributed by atoms with van der Waals surface area (Å²) in [5.74, 6) is 0. The Hall–Kier alpha value is -0.240. The monoisotopic (exact) mass is 263 g/mol. The highest BCUT2D eigenvalue weighted by atomic mass is 16.3. The van der Waals surface area contributed by atoms with Crippen molar-refractivity contribution in [1.29, 1.82) is 0 Å². The molecule has 0 aromatic rings. The number of aliphatic hydroxyl groups excluding tert-OH is 3. The molecule has 110 valence electrons. The van der Waals surface area contributed by atoms with Gasteiger partial charge in [-0.2, -0.15) is 0 Å². The minimum absolute atomic E-state index is 0.00427. The van der Waals surface area contributed by atoms with Crippen LogP contribution < -0.4 is 17.2 Å². The quantitative estimate of drug-likeness (QED) is 0.288. The normalized spacial score (nSPS) is 20.2. The fourth-order valence-corrected chi connectivity index (χ4v) is 1.89. The standard InChI is InChI=1S/C12H29N3O3/c1-2-3-8(14)4-5-9(16)6-10(17)12(15)11(18)7-13/h8-12,16-18H,2-7,13-15H2,1H3. The first kappa shape index (κ1) is 17.8. The first-order valence-electron chi connectivity index (χ1n) is 6.67. The van der Waals surface area contributed by atoms with E-state index in [0.717, 1.165) is 19.3 Å². The van der Waals surface area contributed by atoms with Gasteiger partial charge in [0.05, 0.1) is 24.4 Å². The minimum atomic E-state index is -0.957. The molecule has 0 rings (SSSR count). The molecule has 0 aliphatic rings. The molecular formula is C12H29N3O3. The van der Waals surface area contributed by atoms with Gasteiger partial charge in [0.1, 0.15) is 0 Å². The predicted molar refractivity (Wildman–Crippen MR) is 71.8 cm³/mol. The van der Waals surface area contributed by atoms with Crippen molar-refractivity contribution < 1.29 is 15.3 Å². The maximum Gasteiger partial charge on any atom is 0.0838 e. The van der Waals surface area contributed by atoms with Gasteiger partial charge in [0.25, 0.3) is 0 Å². The van der Waals surface area contributed by atoms with E-state index in [0.29, 0.717) is 6.42 Å². The van der Waals surface area contributed by atoms with Gasteiger partial charge in [-0.05, 0) is 19.3 Å². The van der Waals surface area contributed by atoms with E-state index in [-0.39, 0.29) is 19.0 Å². The summed E-state index contributed by atoms with van der Waals surface area (Å²) in [6.45, 7) is 2.06. The van der Waals surface area contributed by atoms with E-state index in [1.54, 1.807) is 0 Å². The molecule has 0 bridgehead atoms. The summed E-state index contributed by atoms with van der Waals surface area (Å²) in [6.07, 6.45) is 0.778. The molecule has 0 spiro atoms. The second-order valence-electron chi connectivity index (χ2n) is 4.96. The second kappa shape index (κ2) is 9.66. The van der Waals surface area contributed by atoms with Crippen LogP contribution in [0.25, 0.3) is 0 Å². The van der Waals surface area contributed by atoms with Crippen molar-refractivity contribution in [2.45, 2.75) is 69.4 Å². The summed E-state index contributed by atoms with van der Waals surface area (Å²) in [6, 6.07) is -0.737. The van der Waals surface area contributed by atoms with Gasteiger partial charge in [0.2, 0.25) is 0 Å². The summed E-state index contributed by atoms with van der Waals surface area (Å²) < 4.78 is 0. The predicted octanol–water partition coefficient (Wildman–Crippen LogP) is -1.35. The molecule has 0 aromatic heterocycles. The van der Waals surface area contributed by atoms with E-state index in [1.807, 2.05) is 0 Å². The highest BCUT2D eigenvalue weighted by Gasteiger charge is 2.24. The number of hydrogen-bond acceptors (Lipinski definition) is 6. The maximum atomic E-state index is 9.76. The van der Waals surface area contributed by atoms with Crippen molar-refractivity contribution in [1.82, 2.24) is 0 Å². The zero-order valence-corrected chi connectivity index (χ0v) is 11.2. The number of aliphatic hydroxyl groups is 3. The van der Waals surface area contributed by atoms with Gasteiger partial charge < -0.3 is 32.5 Å². The molecule has 0 radical (unpaired) electrons. The van der Waals surface area contributed by atoms with E-state index in [2.05, 4.69) is 6.92 Å². The molecule has 6 heteroatoms. The number of rotatable bonds is 10. The van der Waals surface area contributed by atoms with Crippen molar-refractivity contribution in [3.8, 4) is 0 Å². The number of hydrogen-bond donors (Lipinski definition) is 6. The molecule has 9 N–H and O–H groups in total. The Morgan fingerprint density at radius 1 is 0.944 bits per heavy atom. The highest BCUT2D eigenvalue weighted by molar-refractivity contribution is 4.82. The lowest BCUT2D eigenvalue weighted by atomic mass is 9.96. The molecule has 0 aliphatic carbocycles. The topological polar surface area (TPSA) is 139 Å². The van der Waals surface area contributed by atoms with Crippen molar-refractivity contribution in [3.05, 3.63) is 0 Å². The van der Waals surface area contributed by atoms with Crippen molar-refractivity contribution in [2.24, 2.45) is 17.2 Å². The summed E-state index contributed by atoms with van der Waals surface area (Å²) in [7, 11) is 0. The SMILES string of the molecule is CCCC(N)CCC(O)CC(O)C(N)C(O)CN. The highest BCUT2D eigenvalue weighted by Crippen LogP contribution is 2.11. The Bertz CT molecular complexity index is 207. The summed E-state index contributed by atoms with van der Waals surface area (Å²) in [5.41, 5.74) is 16.7. The molecule has 0 aliphatic heterocycles. The summed E-state index contributed by atoms with van der Waals surface area (Å²) in [5, 5.41) is 28.9. The van der Waals surface area contributed by atoms with Crippen molar-refractivity contribution in [2.75, 3.05) is 6.54 Å². The zero-order valence-electron chi connectivity index (χ0n) is 11.2. The third-order valence-corrected chi connectivity index (χ3v) is 3.17. The van der Waals surface area contributed by atoms with E-state index < -0.39 is 24.4 Å². The van der Waals surface area contributed by atoms with E-state index in [9.17, 15) is 15.3 Å². The van der Waals surface area contributed by atoms with Crippen LogP contribution in [-0.4, -0.2) is 52.3 Å². The Balaban J connectivity index is 3.89. The lowest BCUT2D eigenvalue weighted by Crippen LogP contribution is -2.49. The Kier molecular flexibility index (Phi) is 9.53. The van der Waals surface area contributed by atoms with Crippen LogP contribution in [0.1, 0.15) is 39.0 Å². The van der Waals surface area contributed by atoms with Gasteiger partial charge >= 0.3 is 0 Å². The van der Waals surface area contributed by atoms with Crippen molar-refractivity contribution in [3.63, 3.8) is 0 Å². The smallest absolute Gasteiger partial charge is 0.0838 e. The van der Waals surface area contributed by atoms with Gasteiger partial charge in [-0.15, -0.1) is 0 Å². The molecular weight excluding hydrogens is 234 g/mol. The van der Waals surface area contributed by atoms with Gasteiger partial charge in [-0.25, -0.2) is 0 Å². The van der Waals surface area contributed by atoms with Crippen LogP contribution in [0.15, 0.2) is 0 Å². The third kappa shape index (κ3) is 7.25. The van der Waals surface area contributed by atoms with E-state index >= 15 is 0 Å². The average molecular weight is 263 g/mol. The van der Waals surface area contributed by atoms with Crippen molar-refractivity contribution >= 4 is 0 Å². The minimum Gasteiger partial charge on any atom is -0.393 e. The first-order chi connectivity index (χ1) is 8.42. The van der Waals surface area contributed by atoms with Crippen LogP contribution in [0.4, 0.5) is 0 Å². The zero-order chi connectivity index (χ0) is 14.1. The van der Waals surface area contributed by atoms with Crippen LogP contribution >= 0.6 is 0 Å². The molecule has 0 fully saturated rings. The van der Waals surface area contributed by atoms with Crippen LogP contribution in [0, 0.1) is 0 Å². The summed E-state index contributed by atoms with van der Waals surface area (Å²) >= 11 is 0. The van der Waals surface area contributed by atoms with Crippen LogP contribution in [0.3, 0.4) is 0 Å². The number of nitrogens with two attached hydrogens (primary N) is 3. The van der Waals surface area contributed by atoms with Crippen LogP contribution in [-0.2, 0) is 0 Å². The van der Waals surface area contributed by atoms with Crippen LogP contribution in [0.5, 0.6) is 0 Å². The lowest BCUT2D eigenvalue weighted by Gasteiger charge is -2.25. The summed E-state index contributed by atoms with van der Waals surface area (Å²) in [4.78, 5) is 0. The van der Waals surface area contributed by atoms with Gasteiger partial charge in [-0.3, -0.25) is 0 Å². The molecule has 0 amide bonds. The Morgan fingerprint density at radius 2 is 1.56 bits per heavy atom. The molecule has 6 nitrogen and oxygen atoms in total. The van der Waals surface area contributed by atoms with Crippen LogP contribution in [0.2, 0.25) is 0 Å². The third-order valence-electron chi connectivity index (χ3n) is 3.17.